The molecule has 0 amide bonds. The molecular formula is C9H17F3N2. The third-order valence-electron chi connectivity index (χ3n) is 2.89. The highest BCUT2D eigenvalue weighted by Gasteiger charge is 2.37. The summed E-state index contributed by atoms with van der Waals surface area (Å²) in [6.45, 7) is 1.79. The Bertz CT molecular complexity index is 181. The van der Waals surface area contributed by atoms with E-state index in [1.54, 1.807) is 0 Å². The highest BCUT2D eigenvalue weighted by atomic mass is 19.4. The molecule has 1 aliphatic heterocycles. The van der Waals surface area contributed by atoms with Crippen LogP contribution >= 0.6 is 0 Å². The lowest BCUT2D eigenvalue weighted by Gasteiger charge is -2.36. The smallest absolute Gasteiger partial charge is 0.330 e. The maximum Gasteiger partial charge on any atom is 0.389 e. The van der Waals surface area contributed by atoms with Gasteiger partial charge in [-0.25, -0.2) is 0 Å². The van der Waals surface area contributed by atoms with Gasteiger partial charge in [-0.1, -0.05) is 0 Å². The molecule has 2 atom stereocenters. The van der Waals surface area contributed by atoms with Crippen LogP contribution in [0.2, 0.25) is 0 Å². The molecule has 84 valence electrons. The molecule has 1 rings (SSSR count). The highest BCUT2D eigenvalue weighted by Crippen LogP contribution is 2.33. The molecule has 0 radical (unpaired) electrons. The molecule has 5 heteroatoms. The standard InChI is InChI=1S/C9H17F3N2/c1-14-3-2-7(4-9(10,11)12)8(5-13)6-14/h7-8H,2-6,13H2,1H3. The predicted octanol–water partition coefficient (Wildman–Crippen LogP) is 1.47. The molecule has 1 fully saturated rings. The van der Waals surface area contributed by atoms with E-state index in [-0.39, 0.29) is 11.8 Å². The van der Waals surface area contributed by atoms with Gasteiger partial charge in [0.1, 0.15) is 0 Å². The van der Waals surface area contributed by atoms with Gasteiger partial charge in [0.2, 0.25) is 0 Å². The second-order valence-electron chi connectivity index (χ2n) is 4.13. The fraction of sp³-hybridized carbons (Fsp3) is 1.00. The molecule has 1 saturated heterocycles. The summed E-state index contributed by atoms with van der Waals surface area (Å²) in [5, 5.41) is 0. The van der Waals surface area contributed by atoms with E-state index in [9.17, 15) is 13.2 Å². The van der Waals surface area contributed by atoms with Gasteiger partial charge in [0, 0.05) is 13.0 Å². The first-order valence-corrected chi connectivity index (χ1v) is 4.87. The molecule has 1 aliphatic rings. The monoisotopic (exact) mass is 210 g/mol. The fourth-order valence-electron chi connectivity index (χ4n) is 2.10. The van der Waals surface area contributed by atoms with Gasteiger partial charge >= 0.3 is 6.18 Å². The number of piperidine rings is 1. The van der Waals surface area contributed by atoms with E-state index in [1.807, 2.05) is 11.9 Å². The molecule has 2 nitrogen and oxygen atoms in total. The van der Waals surface area contributed by atoms with Crippen LogP contribution in [0, 0.1) is 11.8 Å². The van der Waals surface area contributed by atoms with Gasteiger partial charge in [-0.3, -0.25) is 0 Å². The van der Waals surface area contributed by atoms with Crippen molar-refractivity contribution in [2.24, 2.45) is 17.6 Å². The van der Waals surface area contributed by atoms with Crippen molar-refractivity contribution in [1.29, 1.82) is 0 Å². The second kappa shape index (κ2) is 4.49. The Morgan fingerprint density at radius 3 is 2.50 bits per heavy atom. The Hall–Kier alpha value is -0.290. The van der Waals surface area contributed by atoms with Crippen molar-refractivity contribution in [1.82, 2.24) is 4.90 Å². The lowest BCUT2D eigenvalue weighted by Crippen LogP contribution is -2.42. The number of nitrogens with zero attached hydrogens (tertiary/aromatic N) is 1. The number of rotatable bonds is 2. The lowest BCUT2D eigenvalue weighted by atomic mass is 9.83. The Labute approximate surface area is 82.2 Å². The van der Waals surface area contributed by atoms with Gasteiger partial charge in [-0.2, -0.15) is 13.2 Å². The van der Waals surface area contributed by atoms with Gasteiger partial charge in [0.05, 0.1) is 0 Å². The molecule has 0 spiro atoms. The molecule has 0 saturated carbocycles. The van der Waals surface area contributed by atoms with Crippen molar-refractivity contribution >= 4 is 0 Å². The Morgan fingerprint density at radius 2 is 2.00 bits per heavy atom. The minimum atomic E-state index is -4.05. The van der Waals surface area contributed by atoms with Crippen molar-refractivity contribution in [2.75, 3.05) is 26.7 Å². The third kappa shape index (κ3) is 3.46. The molecule has 0 aromatic heterocycles. The Kier molecular flexibility index (Phi) is 3.78. The largest absolute Gasteiger partial charge is 0.389 e. The van der Waals surface area contributed by atoms with Crippen molar-refractivity contribution in [2.45, 2.75) is 19.0 Å². The van der Waals surface area contributed by atoms with Gasteiger partial charge in [-0.15, -0.1) is 0 Å². The normalized spacial score (nSPS) is 30.6. The van der Waals surface area contributed by atoms with Crippen LogP contribution in [-0.2, 0) is 0 Å². The van der Waals surface area contributed by atoms with Crippen LogP contribution in [0.15, 0.2) is 0 Å². The van der Waals surface area contributed by atoms with Crippen LogP contribution in [-0.4, -0.2) is 37.8 Å². The van der Waals surface area contributed by atoms with E-state index in [2.05, 4.69) is 0 Å². The zero-order chi connectivity index (χ0) is 10.8. The number of nitrogens with two attached hydrogens (primary N) is 1. The average Bonchev–Trinajstić information content (AvgIpc) is 2.06. The number of alkyl halides is 3. The first-order chi connectivity index (χ1) is 6.42. The minimum Gasteiger partial charge on any atom is -0.330 e. The Morgan fingerprint density at radius 1 is 1.36 bits per heavy atom. The van der Waals surface area contributed by atoms with Crippen molar-refractivity contribution in [3.05, 3.63) is 0 Å². The first-order valence-electron chi connectivity index (χ1n) is 4.87. The topological polar surface area (TPSA) is 29.3 Å². The maximum atomic E-state index is 12.2. The summed E-state index contributed by atoms with van der Waals surface area (Å²) >= 11 is 0. The zero-order valence-electron chi connectivity index (χ0n) is 8.35. The number of hydrogen-bond donors (Lipinski definition) is 1. The average molecular weight is 210 g/mol. The van der Waals surface area contributed by atoms with Crippen molar-refractivity contribution in [3.63, 3.8) is 0 Å². The SMILES string of the molecule is CN1CCC(CC(F)(F)F)C(CN)C1. The molecule has 1 heterocycles. The van der Waals surface area contributed by atoms with Crippen LogP contribution in [0.1, 0.15) is 12.8 Å². The summed E-state index contributed by atoms with van der Waals surface area (Å²) in [4.78, 5) is 2.05. The van der Waals surface area contributed by atoms with E-state index in [0.717, 1.165) is 6.54 Å². The van der Waals surface area contributed by atoms with Crippen LogP contribution in [0.5, 0.6) is 0 Å². The zero-order valence-corrected chi connectivity index (χ0v) is 8.35. The van der Waals surface area contributed by atoms with Gasteiger partial charge in [-0.05, 0) is 38.4 Å². The third-order valence-corrected chi connectivity index (χ3v) is 2.89. The summed E-state index contributed by atoms with van der Waals surface area (Å²) in [6, 6.07) is 0. The molecule has 0 bridgehead atoms. The Balaban J connectivity index is 2.50. The highest BCUT2D eigenvalue weighted by molar-refractivity contribution is 4.81. The molecule has 0 aromatic carbocycles. The molecule has 0 aromatic rings. The van der Waals surface area contributed by atoms with E-state index < -0.39 is 12.6 Å². The van der Waals surface area contributed by atoms with Crippen LogP contribution < -0.4 is 5.73 Å². The van der Waals surface area contributed by atoms with Gasteiger partial charge in [0.25, 0.3) is 0 Å². The van der Waals surface area contributed by atoms with E-state index in [4.69, 9.17) is 5.73 Å². The fourth-order valence-corrected chi connectivity index (χ4v) is 2.10. The molecule has 0 aliphatic carbocycles. The van der Waals surface area contributed by atoms with Crippen LogP contribution in [0.4, 0.5) is 13.2 Å². The molecular weight excluding hydrogens is 193 g/mol. The second-order valence-corrected chi connectivity index (χ2v) is 4.13. The summed E-state index contributed by atoms with van der Waals surface area (Å²) in [7, 11) is 1.92. The molecule has 2 unspecified atom stereocenters. The van der Waals surface area contributed by atoms with Crippen LogP contribution in [0.3, 0.4) is 0 Å². The van der Waals surface area contributed by atoms with E-state index in [1.165, 1.54) is 0 Å². The summed E-state index contributed by atoms with van der Waals surface area (Å²) < 4.78 is 36.6. The quantitative estimate of drug-likeness (QED) is 0.747. The maximum absolute atomic E-state index is 12.2. The lowest BCUT2D eigenvalue weighted by molar-refractivity contribution is -0.151. The van der Waals surface area contributed by atoms with Gasteiger partial charge < -0.3 is 10.6 Å². The van der Waals surface area contributed by atoms with Crippen molar-refractivity contribution in [3.8, 4) is 0 Å². The minimum absolute atomic E-state index is 0.00428. The summed E-state index contributed by atoms with van der Waals surface area (Å²) in [5.74, 6) is -0.286. The summed E-state index contributed by atoms with van der Waals surface area (Å²) in [5.41, 5.74) is 5.48. The predicted molar refractivity (Wildman–Crippen MR) is 48.8 cm³/mol. The summed E-state index contributed by atoms with van der Waals surface area (Å²) in [6.07, 6.45) is -4.12. The first kappa shape index (κ1) is 11.8. The number of likely N-dealkylation sites (tertiary alicyclic amines) is 1. The van der Waals surface area contributed by atoms with E-state index in [0.29, 0.717) is 19.5 Å². The van der Waals surface area contributed by atoms with E-state index >= 15 is 0 Å². The van der Waals surface area contributed by atoms with Crippen molar-refractivity contribution < 1.29 is 13.2 Å². The number of hydrogen-bond acceptors (Lipinski definition) is 2. The molecule has 2 N–H and O–H groups in total. The number of halogens is 3. The van der Waals surface area contributed by atoms with Gasteiger partial charge in [0.15, 0.2) is 0 Å². The molecule has 14 heavy (non-hydrogen) atoms. The van der Waals surface area contributed by atoms with Crippen LogP contribution in [0.25, 0.3) is 0 Å².